The Labute approximate surface area is 133 Å². The van der Waals surface area contributed by atoms with Crippen LogP contribution in [0.1, 0.15) is 24.2 Å². The van der Waals surface area contributed by atoms with E-state index in [0.717, 1.165) is 5.57 Å². The van der Waals surface area contributed by atoms with Gasteiger partial charge in [0.25, 0.3) is 0 Å². The van der Waals surface area contributed by atoms with E-state index in [4.69, 9.17) is 9.47 Å². The summed E-state index contributed by atoms with van der Waals surface area (Å²) in [5.41, 5.74) is 0.636. The van der Waals surface area contributed by atoms with Crippen molar-refractivity contribution in [3.8, 4) is 11.5 Å². The zero-order valence-electron chi connectivity index (χ0n) is 12.7. The molecule has 0 amide bonds. The van der Waals surface area contributed by atoms with Gasteiger partial charge in [0, 0.05) is 12.1 Å². The number of hydrogen-bond donors (Lipinski definition) is 0. The number of rotatable bonds is 4. The van der Waals surface area contributed by atoms with Crippen molar-refractivity contribution in [2.45, 2.75) is 13.8 Å². The first kappa shape index (κ1) is 16.4. The fourth-order valence-electron chi connectivity index (χ4n) is 1.77. The molecule has 0 radical (unpaired) electrons. The first-order chi connectivity index (χ1) is 11.0. The van der Waals surface area contributed by atoms with Crippen molar-refractivity contribution in [2.24, 2.45) is 0 Å². The predicted octanol–water partition coefficient (Wildman–Crippen LogP) is 3.92. The van der Waals surface area contributed by atoms with Gasteiger partial charge in [-0.3, -0.25) is 0 Å². The summed E-state index contributed by atoms with van der Waals surface area (Å²) in [7, 11) is 0. The first-order valence-corrected chi connectivity index (χ1v) is 6.89. The van der Waals surface area contributed by atoms with Gasteiger partial charge in [-0.25, -0.2) is 14.0 Å². The Hall–Kier alpha value is -2.95. The summed E-state index contributed by atoms with van der Waals surface area (Å²) in [4.78, 5) is 23.5. The van der Waals surface area contributed by atoms with Gasteiger partial charge in [-0.1, -0.05) is 23.8 Å². The molecule has 0 N–H and O–H groups in total. The maximum absolute atomic E-state index is 13.5. The van der Waals surface area contributed by atoms with Crippen molar-refractivity contribution in [2.75, 3.05) is 0 Å². The SMILES string of the molecule is CC(C)=CC(=O)Oc1cccc(OC(=O)c2ccccc2F)c1. The van der Waals surface area contributed by atoms with E-state index >= 15 is 0 Å². The number of esters is 2. The molecule has 0 aliphatic carbocycles. The van der Waals surface area contributed by atoms with Crippen molar-refractivity contribution in [1.29, 1.82) is 0 Å². The van der Waals surface area contributed by atoms with E-state index in [-0.39, 0.29) is 17.1 Å². The molecule has 118 valence electrons. The van der Waals surface area contributed by atoms with Crippen molar-refractivity contribution >= 4 is 11.9 Å². The number of allylic oxidation sites excluding steroid dienone is 1. The van der Waals surface area contributed by atoms with Crippen LogP contribution in [0.4, 0.5) is 4.39 Å². The van der Waals surface area contributed by atoms with Crippen LogP contribution in [0.3, 0.4) is 0 Å². The van der Waals surface area contributed by atoms with E-state index in [1.54, 1.807) is 26.0 Å². The third kappa shape index (κ3) is 4.78. The molecule has 0 saturated carbocycles. The quantitative estimate of drug-likeness (QED) is 0.488. The maximum Gasteiger partial charge on any atom is 0.346 e. The van der Waals surface area contributed by atoms with E-state index < -0.39 is 17.8 Å². The molecule has 2 aromatic rings. The molecule has 0 atom stereocenters. The van der Waals surface area contributed by atoms with E-state index in [1.807, 2.05) is 0 Å². The largest absolute Gasteiger partial charge is 0.423 e. The highest BCUT2D eigenvalue weighted by atomic mass is 19.1. The van der Waals surface area contributed by atoms with Crippen LogP contribution in [0.2, 0.25) is 0 Å². The first-order valence-electron chi connectivity index (χ1n) is 6.89. The van der Waals surface area contributed by atoms with E-state index in [0.29, 0.717) is 0 Å². The minimum absolute atomic E-state index is 0.153. The Bertz CT molecular complexity index is 761. The lowest BCUT2D eigenvalue weighted by atomic mass is 10.2. The highest BCUT2D eigenvalue weighted by Crippen LogP contribution is 2.21. The van der Waals surface area contributed by atoms with Gasteiger partial charge >= 0.3 is 11.9 Å². The number of halogens is 1. The van der Waals surface area contributed by atoms with Crippen LogP contribution in [0.5, 0.6) is 11.5 Å². The molecule has 0 aromatic heterocycles. The summed E-state index contributed by atoms with van der Waals surface area (Å²) in [6, 6.07) is 11.5. The summed E-state index contributed by atoms with van der Waals surface area (Å²) in [5.74, 6) is -1.63. The van der Waals surface area contributed by atoms with Gasteiger partial charge in [0.2, 0.25) is 0 Å². The molecule has 0 heterocycles. The molecule has 5 heteroatoms. The highest BCUT2D eigenvalue weighted by molar-refractivity contribution is 5.91. The third-order valence-electron chi connectivity index (χ3n) is 2.73. The van der Waals surface area contributed by atoms with Crippen molar-refractivity contribution < 1.29 is 23.5 Å². The summed E-state index contributed by atoms with van der Waals surface area (Å²) in [5, 5.41) is 0. The molecule has 0 fully saturated rings. The molecule has 0 unspecified atom stereocenters. The van der Waals surface area contributed by atoms with E-state index in [2.05, 4.69) is 0 Å². The van der Waals surface area contributed by atoms with Gasteiger partial charge < -0.3 is 9.47 Å². The average Bonchev–Trinajstić information content (AvgIpc) is 2.47. The molecule has 0 bridgehead atoms. The molecule has 0 aliphatic rings. The number of carbonyl (C=O) groups is 2. The molecule has 0 spiro atoms. The molecule has 2 aromatic carbocycles. The topological polar surface area (TPSA) is 52.6 Å². The van der Waals surface area contributed by atoms with Crippen LogP contribution < -0.4 is 9.47 Å². The molecule has 23 heavy (non-hydrogen) atoms. The molecular formula is C18H15FO4. The van der Waals surface area contributed by atoms with Crippen molar-refractivity contribution in [3.63, 3.8) is 0 Å². The molecule has 2 rings (SSSR count). The summed E-state index contributed by atoms with van der Waals surface area (Å²) in [6.45, 7) is 3.54. The van der Waals surface area contributed by atoms with Gasteiger partial charge in [0.1, 0.15) is 17.3 Å². The monoisotopic (exact) mass is 314 g/mol. The number of ether oxygens (including phenoxy) is 2. The lowest BCUT2D eigenvalue weighted by Crippen LogP contribution is -2.11. The Balaban J connectivity index is 2.11. The van der Waals surface area contributed by atoms with Crippen molar-refractivity contribution in [1.82, 2.24) is 0 Å². The molecule has 4 nitrogen and oxygen atoms in total. The predicted molar refractivity (Wildman–Crippen MR) is 82.9 cm³/mol. The second-order valence-corrected chi connectivity index (χ2v) is 4.99. The lowest BCUT2D eigenvalue weighted by molar-refractivity contribution is -0.129. The molecule has 0 aliphatic heterocycles. The summed E-state index contributed by atoms with van der Waals surface area (Å²) in [6.07, 6.45) is 1.35. The highest BCUT2D eigenvalue weighted by Gasteiger charge is 2.13. The Kier molecular flexibility index (Phi) is 5.25. The minimum atomic E-state index is -0.823. The van der Waals surface area contributed by atoms with E-state index in [1.165, 1.54) is 42.5 Å². The smallest absolute Gasteiger partial charge is 0.346 e. The zero-order chi connectivity index (χ0) is 16.8. The minimum Gasteiger partial charge on any atom is -0.423 e. The maximum atomic E-state index is 13.5. The number of hydrogen-bond acceptors (Lipinski definition) is 4. The third-order valence-corrected chi connectivity index (χ3v) is 2.73. The van der Waals surface area contributed by atoms with Gasteiger partial charge in [-0.15, -0.1) is 0 Å². The molecule has 0 saturated heterocycles. The standard InChI is InChI=1S/C18H15FO4/c1-12(2)10-17(20)22-13-6-5-7-14(11-13)23-18(21)15-8-3-4-9-16(15)19/h3-11H,1-2H3. The van der Waals surface area contributed by atoms with Crippen LogP contribution in [0.15, 0.2) is 60.2 Å². The van der Waals surface area contributed by atoms with Gasteiger partial charge in [-0.05, 0) is 38.1 Å². The fourth-order valence-corrected chi connectivity index (χ4v) is 1.77. The Morgan fingerprint density at radius 1 is 0.957 bits per heavy atom. The Morgan fingerprint density at radius 3 is 2.26 bits per heavy atom. The lowest BCUT2D eigenvalue weighted by Gasteiger charge is -2.07. The van der Waals surface area contributed by atoms with Crippen LogP contribution in [0.25, 0.3) is 0 Å². The normalized spacial score (nSPS) is 9.87. The number of carbonyl (C=O) groups excluding carboxylic acids is 2. The molecular weight excluding hydrogens is 299 g/mol. The van der Waals surface area contributed by atoms with Crippen LogP contribution in [0, 0.1) is 5.82 Å². The van der Waals surface area contributed by atoms with Gasteiger partial charge in [-0.2, -0.15) is 0 Å². The second kappa shape index (κ2) is 7.35. The van der Waals surface area contributed by atoms with Gasteiger partial charge in [0.05, 0.1) is 5.56 Å². The number of benzene rings is 2. The van der Waals surface area contributed by atoms with Crippen molar-refractivity contribution in [3.05, 3.63) is 71.6 Å². The van der Waals surface area contributed by atoms with E-state index in [9.17, 15) is 14.0 Å². The van der Waals surface area contributed by atoms with Crippen LogP contribution in [-0.2, 0) is 4.79 Å². The summed E-state index contributed by atoms with van der Waals surface area (Å²) < 4.78 is 23.7. The average molecular weight is 314 g/mol. The van der Waals surface area contributed by atoms with Crippen LogP contribution in [-0.4, -0.2) is 11.9 Å². The van der Waals surface area contributed by atoms with Crippen LogP contribution >= 0.6 is 0 Å². The van der Waals surface area contributed by atoms with Gasteiger partial charge in [0.15, 0.2) is 0 Å². The Morgan fingerprint density at radius 2 is 1.61 bits per heavy atom. The fraction of sp³-hybridized carbons (Fsp3) is 0.111. The zero-order valence-corrected chi connectivity index (χ0v) is 12.7. The summed E-state index contributed by atoms with van der Waals surface area (Å²) >= 11 is 0. The second-order valence-electron chi connectivity index (χ2n) is 4.99.